The summed E-state index contributed by atoms with van der Waals surface area (Å²) in [4.78, 5) is 20.3. The van der Waals surface area contributed by atoms with Gasteiger partial charge in [-0.05, 0) is 46.6 Å². The summed E-state index contributed by atoms with van der Waals surface area (Å²) >= 11 is 3.41. The average molecular weight is 402 g/mol. The predicted octanol–water partition coefficient (Wildman–Crippen LogP) is 3.43. The van der Waals surface area contributed by atoms with Crippen LogP contribution in [0.25, 0.3) is 11.5 Å². The van der Waals surface area contributed by atoms with E-state index < -0.39 is 0 Å². The number of hydrogen-bond acceptors (Lipinski definition) is 5. The number of halogens is 1. The Labute approximate surface area is 153 Å². The number of anilines is 1. The highest BCUT2D eigenvalue weighted by atomic mass is 79.9. The minimum absolute atomic E-state index is 0.165. The number of nitrogens with one attached hydrogen (secondary N) is 2. The van der Waals surface area contributed by atoms with E-state index in [0.29, 0.717) is 31.0 Å². The topological polar surface area (TPSA) is 92.8 Å². The van der Waals surface area contributed by atoms with Gasteiger partial charge in [0.1, 0.15) is 11.4 Å². The third-order valence-corrected chi connectivity index (χ3v) is 3.94. The second-order valence-corrected chi connectivity index (χ2v) is 6.01. The largest absolute Gasteiger partial charge is 0.492 e. The number of ether oxygens (including phenoxy) is 1. The molecule has 3 rings (SSSR count). The number of aromatic nitrogens is 4. The highest BCUT2D eigenvalue weighted by Gasteiger charge is 2.09. The van der Waals surface area contributed by atoms with Gasteiger partial charge in [-0.25, -0.2) is 0 Å². The summed E-state index contributed by atoms with van der Waals surface area (Å²) in [5, 5.41) is 9.39. The number of nitrogens with zero attached hydrogens (tertiary/aromatic N) is 3. The number of rotatable bonds is 7. The molecule has 128 valence electrons. The highest BCUT2D eigenvalue weighted by molar-refractivity contribution is 9.10. The molecular weight excluding hydrogens is 386 g/mol. The summed E-state index contributed by atoms with van der Waals surface area (Å²) in [7, 11) is 0. The van der Waals surface area contributed by atoms with Crippen molar-refractivity contribution in [3.05, 3.63) is 53.1 Å². The number of carbonyl (C=O) groups is 1. The standard InChI is InChI=1S/C17H16BrN5O2/c18-12-6-1-2-8-14(12)25-11-5-9-15(24)20-17-21-16(22-23-17)13-7-3-4-10-19-13/h1-4,6-8,10H,5,9,11H2,(H2,20,21,22,23,24). The van der Waals surface area contributed by atoms with Crippen molar-refractivity contribution < 1.29 is 9.53 Å². The summed E-state index contributed by atoms with van der Waals surface area (Å²) in [6.07, 6.45) is 2.57. The van der Waals surface area contributed by atoms with Crippen molar-refractivity contribution in [2.75, 3.05) is 11.9 Å². The molecule has 0 unspecified atom stereocenters. The summed E-state index contributed by atoms with van der Waals surface area (Å²) in [6, 6.07) is 13.1. The minimum Gasteiger partial charge on any atom is -0.492 e. The first kappa shape index (κ1) is 17.1. The van der Waals surface area contributed by atoms with Crippen molar-refractivity contribution >= 4 is 27.8 Å². The fourth-order valence-electron chi connectivity index (χ4n) is 2.10. The summed E-state index contributed by atoms with van der Waals surface area (Å²) in [5.74, 6) is 1.34. The van der Waals surface area contributed by atoms with Gasteiger partial charge < -0.3 is 4.74 Å². The van der Waals surface area contributed by atoms with Crippen molar-refractivity contribution in [1.29, 1.82) is 0 Å². The molecule has 0 fully saturated rings. The molecule has 25 heavy (non-hydrogen) atoms. The van der Waals surface area contributed by atoms with Crippen molar-refractivity contribution in [3.8, 4) is 17.3 Å². The monoisotopic (exact) mass is 401 g/mol. The van der Waals surface area contributed by atoms with E-state index in [1.807, 2.05) is 42.5 Å². The number of para-hydroxylation sites is 1. The molecule has 0 saturated heterocycles. The number of benzene rings is 1. The molecule has 1 amide bonds. The van der Waals surface area contributed by atoms with Gasteiger partial charge in [0.25, 0.3) is 0 Å². The van der Waals surface area contributed by atoms with Gasteiger partial charge in [-0.2, -0.15) is 4.98 Å². The van der Waals surface area contributed by atoms with Gasteiger partial charge in [0, 0.05) is 12.6 Å². The third kappa shape index (κ3) is 4.87. The van der Waals surface area contributed by atoms with E-state index in [2.05, 4.69) is 41.4 Å². The summed E-state index contributed by atoms with van der Waals surface area (Å²) in [6.45, 7) is 0.448. The van der Waals surface area contributed by atoms with E-state index in [9.17, 15) is 4.79 Å². The fourth-order valence-corrected chi connectivity index (χ4v) is 2.50. The molecule has 0 atom stereocenters. The first-order chi connectivity index (χ1) is 12.2. The zero-order valence-electron chi connectivity index (χ0n) is 13.3. The predicted molar refractivity (Wildman–Crippen MR) is 97.1 cm³/mol. The molecule has 0 bridgehead atoms. The van der Waals surface area contributed by atoms with Crippen LogP contribution in [0.5, 0.6) is 5.75 Å². The zero-order chi connectivity index (χ0) is 17.5. The molecule has 3 aromatic rings. The number of pyridine rings is 1. The van der Waals surface area contributed by atoms with E-state index in [-0.39, 0.29) is 11.9 Å². The van der Waals surface area contributed by atoms with Crippen LogP contribution in [0.4, 0.5) is 5.95 Å². The lowest BCUT2D eigenvalue weighted by Crippen LogP contribution is -2.13. The normalized spacial score (nSPS) is 10.4. The maximum atomic E-state index is 12.0. The molecule has 1 aromatic carbocycles. The first-order valence-corrected chi connectivity index (χ1v) is 8.52. The van der Waals surface area contributed by atoms with Crippen LogP contribution in [0.2, 0.25) is 0 Å². The van der Waals surface area contributed by atoms with Crippen molar-refractivity contribution in [1.82, 2.24) is 20.2 Å². The molecule has 2 N–H and O–H groups in total. The molecule has 0 aliphatic rings. The Kier molecular flexibility index (Phi) is 5.73. The Morgan fingerprint density at radius 1 is 1.20 bits per heavy atom. The summed E-state index contributed by atoms with van der Waals surface area (Å²) in [5.41, 5.74) is 0.664. The smallest absolute Gasteiger partial charge is 0.249 e. The molecule has 2 aromatic heterocycles. The van der Waals surface area contributed by atoms with E-state index >= 15 is 0 Å². The Balaban J connectivity index is 1.44. The van der Waals surface area contributed by atoms with Crippen LogP contribution in [0.3, 0.4) is 0 Å². The van der Waals surface area contributed by atoms with E-state index in [1.165, 1.54) is 0 Å². The van der Waals surface area contributed by atoms with E-state index in [0.717, 1.165) is 10.2 Å². The molecule has 7 nitrogen and oxygen atoms in total. The Hall–Kier alpha value is -2.74. The van der Waals surface area contributed by atoms with Crippen molar-refractivity contribution in [2.45, 2.75) is 12.8 Å². The number of aromatic amines is 1. The lowest BCUT2D eigenvalue weighted by atomic mass is 10.3. The quantitative estimate of drug-likeness (QED) is 0.591. The van der Waals surface area contributed by atoms with E-state index in [4.69, 9.17) is 4.74 Å². The highest BCUT2D eigenvalue weighted by Crippen LogP contribution is 2.23. The van der Waals surface area contributed by atoms with Gasteiger partial charge in [-0.15, -0.1) is 5.10 Å². The maximum Gasteiger partial charge on any atom is 0.249 e. The van der Waals surface area contributed by atoms with Crippen LogP contribution in [0.1, 0.15) is 12.8 Å². The zero-order valence-corrected chi connectivity index (χ0v) is 14.9. The summed E-state index contributed by atoms with van der Waals surface area (Å²) < 4.78 is 6.52. The van der Waals surface area contributed by atoms with Gasteiger partial charge in [-0.1, -0.05) is 18.2 Å². The average Bonchev–Trinajstić information content (AvgIpc) is 3.09. The molecule has 0 radical (unpaired) electrons. The van der Waals surface area contributed by atoms with Crippen LogP contribution < -0.4 is 10.1 Å². The van der Waals surface area contributed by atoms with Gasteiger partial charge >= 0.3 is 0 Å². The molecule has 0 saturated carbocycles. The third-order valence-electron chi connectivity index (χ3n) is 3.29. The second-order valence-electron chi connectivity index (χ2n) is 5.15. The van der Waals surface area contributed by atoms with Gasteiger partial charge in [0.05, 0.1) is 11.1 Å². The Morgan fingerprint density at radius 2 is 2.04 bits per heavy atom. The molecule has 0 aliphatic heterocycles. The maximum absolute atomic E-state index is 12.0. The van der Waals surface area contributed by atoms with Crippen LogP contribution in [-0.2, 0) is 4.79 Å². The molecule has 0 spiro atoms. The minimum atomic E-state index is -0.165. The van der Waals surface area contributed by atoms with Crippen molar-refractivity contribution in [2.24, 2.45) is 0 Å². The Morgan fingerprint density at radius 3 is 2.84 bits per heavy atom. The number of hydrogen-bond donors (Lipinski definition) is 2. The van der Waals surface area contributed by atoms with Gasteiger partial charge in [-0.3, -0.25) is 20.2 Å². The molecular formula is C17H16BrN5O2. The SMILES string of the molecule is O=C(CCCOc1ccccc1Br)Nc1n[nH]c(-c2ccccn2)n1. The first-order valence-electron chi connectivity index (χ1n) is 7.73. The Bertz CT molecular complexity index is 838. The molecule has 0 aliphatic carbocycles. The van der Waals surface area contributed by atoms with Gasteiger partial charge in [0.2, 0.25) is 11.9 Å². The second kappa shape index (κ2) is 8.39. The number of H-pyrrole nitrogens is 1. The fraction of sp³-hybridized carbons (Fsp3) is 0.176. The van der Waals surface area contributed by atoms with Crippen LogP contribution in [0, 0.1) is 0 Å². The lowest BCUT2D eigenvalue weighted by molar-refractivity contribution is -0.116. The van der Waals surface area contributed by atoms with Crippen LogP contribution in [-0.4, -0.2) is 32.7 Å². The van der Waals surface area contributed by atoms with Gasteiger partial charge in [0.15, 0.2) is 5.82 Å². The van der Waals surface area contributed by atoms with Crippen molar-refractivity contribution in [3.63, 3.8) is 0 Å². The van der Waals surface area contributed by atoms with Crippen LogP contribution in [0.15, 0.2) is 53.1 Å². The lowest BCUT2D eigenvalue weighted by Gasteiger charge is -2.07. The number of carbonyl (C=O) groups excluding carboxylic acids is 1. The van der Waals surface area contributed by atoms with Crippen LogP contribution >= 0.6 is 15.9 Å². The van der Waals surface area contributed by atoms with E-state index in [1.54, 1.807) is 6.20 Å². The molecule has 8 heteroatoms. The number of amides is 1. The molecule has 2 heterocycles.